The molecule has 0 aliphatic carbocycles. The summed E-state index contributed by atoms with van der Waals surface area (Å²) in [6.45, 7) is -2.86. The topological polar surface area (TPSA) is 32.7 Å². The molecule has 0 aromatic carbocycles. The fourth-order valence-electron chi connectivity index (χ4n) is 1.65. The van der Waals surface area contributed by atoms with Crippen LogP contribution in [0.4, 0.5) is 0 Å². The molecule has 0 aliphatic heterocycles. The molecular formula is C13H28N2O. The highest BCUT2D eigenvalue weighted by molar-refractivity contribution is 4.49. The Labute approximate surface area is 108 Å². The highest BCUT2D eigenvalue weighted by atomic mass is 16.3. The van der Waals surface area contributed by atoms with Gasteiger partial charge in [0.2, 0.25) is 0 Å². The zero-order valence-electron chi connectivity index (χ0n) is 15.4. The Morgan fingerprint density at radius 3 is 1.94 bits per heavy atom. The summed E-state index contributed by atoms with van der Waals surface area (Å²) in [7, 11) is 0. The van der Waals surface area contributed by atoms with Crippen LogP contribution in [0.5, 0.6) is 0 Å². The van der Waals surface area contributed by atoms with E-state index in [9.17, 15) is 4.91 Å². The van der Waals surface area contributed by atoms with Gasteiger partial charge in [-0.2, -0.15) is 0 Å². The second-order valence-electron chi connectivity index (χ2n) is 4.13. The smallest absolute Gasteiger partial charge is 0.0521 e. The number of nitroso groups, excluding NO2 is 1. The summed E-state index contributed by atoms with van der Waals surface area (Å²) in [6, 6.07) is 0. The summed E-state index contributed by atoms with van der Waals surface area (Å²) in [6.07, 6.45) is 9.80. The molecule has 0 radical (unpaired) electrons. The normalized spacial score (nSPS) is 16.7. The largest absolute Gasteiger partial charge is 0.264 e. The monoisotopic (exact) mass is 233 g/mol. The van der Waals surface area contributed by atoms with Gasteiger partial charge in [-0.1, -0.05) is 64.7 Å². The third kappa shape index (κ3) is 11.5. The first-order valence-electron chi connectivity index (χ1n) is 8.89. The summed E-state index contributed by atoms with van der Waals surface area (Å²) in [4.78, 5) is 10.5. The van der Waals surface area contributed by atoms with E-state index >= 15 is 0 Å². The van der Waals surface area contributed by atoms with Crippen LogP contribution in [0.1, 0.15) is 78.0 Å². The average molecular weight is 233 g/mol. The summed E-state index contributed by atoms with van der Waals surface area (Å²) in [5.41, 5.74) is 0. The third-order valence-electron chi connectivity index (χ3n) is 2.62. The van der Waals surface area contributed by atoms with E-state index in [-0.39, 0.29) is 11.4 Å². The van der Waals surface area contributed by atoms with Crippen LogP contribution in [-0.4, -0.2) is 18.5 Å². The molecular weight excluding hydrogens is 200 g/mol. The molecule has 96 valence electrons. The van der Waals surface area contributed by atoms with Gasteiger partial charge in [-0.15, -0.1) is 4.91 Å². The Morgan fingerprint density at radius 2 is 1.50 bits per heavy atom. The maximum Gasteiger partial charge on any atom is 0.0521 e. The minimum Gasteiger partial charge on any atom is -0.264 e. The van der Waals surface area contributed by atoms with Gasteiger partial charge in [0, 0.05) is 17.6 Å². The van der Waals surface area contributed by atoms with Gasteiger partial charge in [0.1, 0.15) is 0 Å². The standard InChI is InChI=1S/C13H28N2O/c1-3-4-5-6-7-8-9-10-11-12-13-15(2)14-16/h3-13H2,1-2H3/i2D3,13D2. The van der Waals surface area contributed by atoms with Crippen LogP contribution in [-0.2, 0) is 0 Å². The summed E-state index contributed by atoms with van der Waals surface area (Å²) < 4.78 is 36.6. The lowest BCUT2D eigenvalue weighted by molar-refractivity contribution is 0.336. The van der Waals surface area contributed by atoms with E-state index < -0.39 is 13.5 Å². The molecule has 0 saturated heterocycles. The van der Waals surface area contributed by atoms with Gasteiger partial charge in [0.25, 0.3) is 0 Å². The molecule has 0 spiro atoms. The van der Waals surface area contributed by atoms with Crippen molar-refractivity contribution >= 4 is 0 Å². The molecule has 0 saturated carbocycles. The first-order chi connectivity index (χ1) is 9.75. The second-order valence-corrected chi connectivity index (χ2v) is 4.13. The van der Waals surface area contributed by atoms with Crippen molar-refractivity contribution in [1.82, 2.24) is 5.01 Å². The van der Waals surface area contributed by atoms with Crippen molar-refractivity contribution in [3.8, 4) is 0 Å². The van der Waals surface area contributed by atoms with Crippen molar-refractivity contribution in [2.45, 2.75) is 71.1 Å². The van der Waals surface area contributed by atoms with Crippen molar-refractivity contribution in [3.05, 3.63) is 4.91 Å². The molecule has 0 aromatic rings. The third-order valence-corrected chi connectivity index (χ3v) is 2.62. The second kappa shape index (κ2) is 12.5. The van der Waals surface area contributed by atoms with E-state index in [1.807, 2.05) is 0 Å². The molecule has 0 atom stereocenters. The van der Waals surface area contributed by atoms with Crippen molar-refractivity contribution < 1.29 is 6.85 Å². The summed E-state index contributed by atoms with van der Waals surface area (Å²) in [5, 5.41) is 2.39. The van der Waals surface area contributed by atoms with E-state index in [1.54, 1.807) is 0 Å². The van der Waals surface area contributed by atoms with Crippen LogP contribution in [0, 0.1) is 4.91 Å². The van der Waals surface area contributed by atoms with Gasteiger partial charge in [-0.3, -0.25) is 5.01 Å². The molecule has 0 rings (SSSR count). The van der Waals surface area contributed by atoms with Crippen molar-refractivity contribution in [2.75, 3.05) is 13.5 Å². The molecule has 3 heteroatoms. The first-order valence-corrected chi connectivity index (χ1v) is 6.39. The van der Waals surface area contributed by atoms with E-state index in [0.717, 1.165) is 19.3 Å². The molecule has 16 heavy (non-hydrogen) atoms. The fraction of sp³-hybridized carbons (Fsp3) is 1.00. The average Bonchev–Trinajstić information content (AvgIpc) is 2.35. The molecule has 0 aromatic heterocycles. The molecule has 0 fully saturated rings. The van der Waals surface area contributed by atoms with E-state index in [4.69, 9.17) is 6.85 Å². The highest BCUT2D eigenvalue weighted by Crippen LogP contribution is 2.10. The lowest BCUT2D eigenvalue weighted by Crippen LogP contribution is -2.10. The van der Waals surface area contributed by atoms with Crippen LogP contribution in [0.25, 0.3) is 0 Å². The van der Waals surface area contributed by atoms with Crippen molar-refractivity contribution in [1.29, 1.82) is 0 Å². The van der Waals surface area contributed by atoms with Crippen LogP contribution in [0.15, 0.2) is 5.29 Å². The van der Waals surface area contributed by atoms with Gasteiger partial charge >= 0.3 is 0 Å². The minimum atomic E-state index is -2.83. The maximum absolute atomic E-state index is 10.5. The zero-order chi connectivity index (χ0) is 16.4. The maximum atomic E-state index is 10.5. The Morgan fingerprint density at radius 1 is 1.00 bits per heavy atom. The zero-order valence-corrected chi connectivity index (χ0v) is 10.4. The molecule has 0 aliphatic rings. The molecule has 0 heterocycles. The van der Waals surface area contributed by atoms with Crippen molar-refractivity contribution in [2.24, 2.45) is 5.29 Å². The van der Waals surface area contributed by atoms with Crippen LogP contribution >= 0.6 is 0 Å². The molecule has 0 unspecified atom stereocenters. The van der Waals surface area contributed by atoms with Crippen molar-refractivity contribution in [3.63, 3.8) is 0 Å². The Bertz CT molecular complexity index is 284. The lowest BCUT2D eigenvalue weighted by Gasteiger charge is -2.07. The van der Waals surface area contributed by atoms with E-state index in [0.29, 0.717) is 6.42 Å². The fourth-order valence-corrected chi connectivity index (χ4v) is 1.65. The highest BCUT2D eigenvalue weighted by Gasteiger charge is 1.95. The predicted molar refractivity (Wildman–Crippen MR) is 70.3 cm³/mol. The Kier molecular flexibility index (Phi) is 6.61. The number of unbranched alkanes of at least 4 members (excludes halogenated alkanes) is 8. The number of rotatable bonds is 12. The van der Waals surface area contributed by atoms with Gasteiger partial charge in [0.15, 0.2) is 0 Å². The number of hydrogen-bond donors (Lipinski definition) is 0. The SMILES string of the molecule is [2H]C([2H])([2H])N(N=O)C([2H])([2H])CCCCCCCCCCC. The van der Waals surface area contributed by atoms with Gasteiger partial charge < -0.3 is 0 Å². The predicted octanol–water partition coefficient (Wildman–Crippen LogP) is 4.52. The number of hydrogen-bond acceptors (Lipinski definition) is 2. The van der Waals surface area contributed by atoms with Crippen LogP contribution in [0.3, 0.4) is 0 Å². The summed E-state index contributed by atoms with van der Waals surface area (Å²) in [5.74, 6) is 0. The molecule has 3 nitrogen and oxygen atoms in total. The van der Waals surface area contributed by atoms with Gasteiger partial charge in [-0.05, 0) is 6.42 Å². The van der Waals surface area contributed by atoms with E-state index in [1.165, 1.54) is 32.1 Å². The Hall–Kier alpha value is -0.600. The van der Waals surface area contributed by atoms with Crippen LogP contribution in [0.2, 0.25) is 0 Å². The van der Waals surface area contributed by atoms with Crippen LogP contribution < -0.4 is 0 Å². The van der Waals surface area contributed by atoms with E-state index in [2.05, 4.69) is 12.2 Å². The number of nitrogens with zero attached hydrogens (tertiary/aromatic N) is 2. The summed E-state index contributed by atoms with van der Waals surface area (Å²) >= 11 is 0. The lowest BCUT2D eigenvalue weighted by atomic mass is 10.1. The molecule has 0 amide bonds. The first kappa shape index (κ1) is 8.48. The molecule has 0 N–H and O–H groups in total. The quantitative estimate of drug-likeness (QED) is 0.282. The Balaban J connectivity index is 3.82. The minimum absolute atomic E-state index is 0.00691. The van der Waals surface area contributed by atoms with Gasteiger partial charge in [-0.25, -0.2) is 0 Å². The van der Waals surface area contributed by atoms with Gasteiger partial charge in [0.05, 0.1) is 8.03 Å². The molecule has 0 bridgehead atoms.